The molecule has 2 amide bonds. The first-order valence-corrected chi connectivity index (χ1v) is 11.7. The molecule has 1 aromatic carbocycles. The fourth-order valence-electron chi connectivity index (χ4n) is 3.81. The number of rotatable bonds is 8. The predicted molar refractivity (Wildman–Crippen MR) is 136 cm³/mol. The molecule has 4 aromatic rings. The quantitative estimate of drug-likeness (QED) is 0.388. The molecule has 3 aromatic heterocycles. The highest BCUT2D eigenvalue weighted by Gasteiger charge is 2.36. The molecule has 4 rings (SSSR count). The van der Waals surface area contributed by atoms with E-state index in [-0.39, 0.29) is 18.3 Å². The highest BCUT2D eigenvalue weighted by Crippen LogP contribution is 2.35. The standard InChI is InChI=1S/C26H29N7O4/c1-17-10-11-21(37-17)24-29-31-32(30-24)16-22(34)33(19-8-6-7-9-20(19)36-5)23(18-12-14-27-15-13-18)25(35)28-26(2,3)4/h6-15,23H,16H2,1-5H3,(H,28,35). The Labute approximate surface area is 214 Å². The number of anilines is 1. The zero-order valence-electron chi connectivity index (χ0n) is 21.4. The minimum Gasteiger partial charge on any atom is -0.495 e. The number of aromatic nitrogens is 5. The van der Waals surface area contributed by atoms with Crippen molar-refractivity contribution in [3.8, 4) is 17.3 Å². The van der Waals surface area contributed by atoms with E-state index in [1.165, 1.54) is 16.8 Å². The van der Waals surface area contributed by atoms with Gasteiger partial charge in [0.1, 0.15) is 24.1 Å². The number of tetrazole rings is 1. The van der Waals surface area contributed by atoms with E-state index in [1.807, 2.05) is 27.7 Å². The molecule has 0 aliphatic rings. The SMILES string of the molecule is COc1ccccc1N(C(=O)Cn1nnc(-c2ccc(C)o2)n1)C(C(=O)NC(C)(C)C)c1ccncc1. The molecule has 11 nitrogen and oxygen atoms in total. The summed E-state index contributed by atoms with van der Waals surface area (Å²) in [6, 6.07) is 12.9. The Kier molecular flexibility index (Phi) is 7.32. The molecule has 0 saturated heterocycles. The number of para-hydroxylation sites is 2. The van der Waals surface area contributed by atoms with E-state index >= 15 is 0 Å². The summed E-state index contributed by atoms with van der Waals surface area (Å²) in [5.41, 5.74) is 0.457. The van der Waals surface area contributed by atoms with Gasteiger partial charge in [-0.05, 0) is 74.9 Å². The minimum atomic E-state index is -1.03. The van der Waals surface area contributed by atoms with Gasteiger partial charge in [-0.15, -0.1) is 10.2 Å². The van der Waals surface area contributed by atoms with Gasteiger partial charge in [0.25, 0.3) is 5.91 Å². The third kappa shape index (κ3) is 6.00. The van der Waals surface area contributed by atoms with E-state index in [9.17, 15) is 9.59 Å². The molecule has 0 spiro atoms. The van der Waals surface area contributed by atoms with Crippen LogP contribution in [0.4, 0.5) is 5.69 Å². The van der Waals surface area contributed by atoms with Crippen LogP contribution in [0.3, 0.4) is 0 Å². The van der Waals surface area contributed by atoms with E-state index in [2.05, 4.69) is 25.7 Å². The molecule has 1 N–H and O–H groups in total. The summed E-state index contributed by atoms with van der Waals surface area (Å²) in [4.78, 5) is 34.3. The van der Waals surface area contributed by atoms with Gasteiger partial charge in [-0.3, -0.25) is 19.5 Å². The Bertz CT molecular complexity index is 1370. The van der Waals surface area contributed by atoms with Gasteiger partial charge < -0.3 is 14.5 Å². The number of amides is 2. The largest absolute Gasteiger partial charge is 0.495 e. The molecule has 0 aliphatic heterocycles. The van der Waals surface area contributed by atoms with Crippen LogP contribution in [0, 0.1) is 6.92 Å². The lowest BCUT2D eigenvalue weighted by atomic mass is 10.0. The van der Waals surface area contributed by atoms with E-state index in [4.69, 9.17) is 9.15 Å². The molecule has 37 heavy (non-hydrogen) atoms. The highest BCUT2D eigenvalue weighted by molar-refractivity contribution is 6.02. The number of hydrogen-bond acceptors (Lipinski definition) is 8. The molecule has 0 bridgehead atoms. The Hall–Kier alpha value is -4.54. The zero-order valence-corrected chi connectivity index (χ0v) is 21.4. The van der Waals surface area contributed by atoms with Gasteiger partial charge in [0, 0.05) is 17.9 Å². The third-order valence-electron chi connectivity index (χ3n) is 5.33. The Morgan fingerprint density at radius 2 is 1.84 bits per heavy atom. The third-order valence-corrected chi connectivity index (χ3v) is 5.33. The number of aryl methyl sites for hydroxylation is 1. The Morgan fingerprint density at radius 3 is 2.49 bits per heavy atom. The van der Waals surface area contributed by atoms with E-state index < -0.39 is 17.5 Å². The summed E-state index contributed by atoms with van der Waals surface area (Å²) in [7, 11) is 1.51. The first kappa shape index (κ1) is 25.5. The number of furan rings is 1. The van der Waals surface area contributed by atoms with E-state index in [1.54, 1.807) is 60.9 Å². The van der Waals surface area contributed by atoms with Crippen molar-refractivity contribution in [2.75, 3.05) is 12.0 Å². The smallest absolute Gasteiger partial charge is 0.251 e. The molecule has 1 atom stereocenters. The lowest BCUT2D eigenvalue weighted by Gasteiger charge is -2.34. The molecule has 11 heteroatoms. The first-order valence-electron chi connectivity index (χ1n) is 11.7. The zero-order chi connectivity index (χ0) is 26.6. The summed E-state index contributed by atoms with van der Waals surface area (Å²) >= 11 is 0. The number of nitrogens with zero attached hydrogens (tertiary/aromatic N) is 6. The molecule has 192 valence electrons. The Balaban J connectivity index is 1.77. The molecular formula is C26H29N7O4. The summed E-state index contributed by atoms with van der Waals surface area (Å²) in [6.45, 7) is 7.16. The van der Waals surface area contributed by atoms with Gasteiger partial charge in [0.15, 0.2) is 5.76 Å². The van der Waals surface area contributed by atoms with Gasteiger partial charge in [-0.1, -0.05) is 12.1 Å². The lowest BCUT2D eigenvalue weighted by molar-refractivity contribution is -0.128. The molecule has 0 radical (unpaired) electrons. The van der Waals surface area contributed by atoms with Crippen molar-refractivity contribution in [3.05, 3.63) is 72.2 Å². The molecule has 3 heterocycles. The fraction of sp³-hybridized carbons (Fsp3) is 0.308. The Morgan fingerprint density at radius 1 is 1.11 bits per heavy atom. The minimum absolute atomic E-state index is 0.251. The van der Waals surface area contributed by atoms with Crippen molar-refractivity contribution >= 4 is 17.5 Å². The van der Waals surface area contributed by atoms with Crippen LogP contribution in [0.15, 0.2) is 65.3 Å². The average molecular weight is 504 g/mol. The molecule has 0 fully saturated rings. The maximum Gasteiger partial charge on any atom is 0.251 e. The molecular weight excluding hydrogens is 474 g/mol. The van der Waals surface area contributed by atoms with Crippen LogP contribution in [0.5, 0.6) is 5.75 Å². The van der Waals surface area contributed by atoms with E-state index in [0.29, 0.717) is 28.5 Å². The summed E-state index contributed by atoms with van der Waals surface area (Å²) in [5, 5.41) is 15.3. The number of ether oxygens (including phenoxy) is 1. The summed E-state index contributed by atoms with van der Waals surface area (Å²) < 4.78 is 11.1. The second-order valence-electron chi connectivity index (χ2n) is 9.41. The first-order chi connectivity index (χ1) is 17.7. The van der Waals surface area contributed by atoms with Gasteiger partial charge >= 0.3 is 0 Å². The average Bonchev–Trinajstić information content (AvgIpc) is 3.50. The highest BCUT2D eigenvalue weighted by atomic mass is 16.5. The van der Waals surface area contributed by atoms with Crippen LogP contribution in [0.2, 0.25) is 0 Å². The second-order valence-corrected chi connectivity index (χ2v) is 9.41. The van der Waals surface area contributed by atoms with Crippen molar-refractivity contribution < 1.29 is 18.7 Å². The monoisotopic (exact) mass is 503 g/mol. The summed E-state index contributed by atoms with van der Waals surface area (Å²) in [6.07, 6.45) is 3.16. The van der Waals surface area contributed by atoms with Crippen LogP contribution >= 0.6 is 0 Å². The normalized spacial score (nSPS) is 12.1. The number of methoxy groups -OCH3 is 1. The van der Waals surface area contributed by atoms with Crippen LogP contribution in [0.1, 0.15) is 38.1 Å². The van der Waals surface area contributed by atoms with Gasteiger partial charge in [0.05, 0.1) is 12.8 Å². The number of nitrogens with one attached hydrogen (secondary N) is 1. The number of pyridine rings is 1. The second kappa shape index (κ2) is 10.6. The predicted octanol–water partition coefficient (Wildman–Crippen LogP) is 3.33. The maximum atomic E-state index is 13.9. The van der Waals surface area contributed by atoms with Crippen LogP contribution in [-0.4, -0.2) is 49.7 Å². The lowest BCUT2D eigenvalue weighted by Crippen LogP contribution is -2.50. The van der Waals surface area contributed by atoms with Crippen LogP contribution in [-0.2, 0) is 16.1 Å². The topological polar surface area (TPSA) is 128 Å². The number of carbonyl (C=O) groups is 2. The molecule has 0 saturated carbocycles. The van der Waals surface area contributed by atoms with Gasteiger partial charge in [-0.25, -0.2) is 0 Å². The number of benzene rings is 1. The van der Waals surface area contributed by atoms with E-state index in [0.717, 1.165) is 0 Å². The number of carbonyl (C=O) groups excluding carboxylic acids is 2. The van der Waals surface area contributed by atoms with Crippen molar-refractivity contribution in [2.24, 2.45) is 0 Å². The van der Waals surface area contributed by atoms with Crippen LogP contribution < -0.4 is 15.0 Å². The maximum absolute atomic E-state index is 13.9. The van der Waals surface area contributed by atoms with Crippen molar-refractivity contribution in [3.63, 3.8) is 0 Å². The fourth-order valence-corrected chi connectivity index (χ4v) is 3.81. The van der Waals surface area contributed by atoms with Gasteiger partial charge in [0.2, 0.25) is 11.7 Å². The van der Waals surface area contributed by atoms with Crippen molar-refractivity contribution in [2.45, 2.75) is 45.8 Å². The molecule has 0 aliphatic carbocycles. The summed E-state index contributed by atoms with van der Waals surface area (Å²) in [5.74, 6) is 1.01. The number of hydrogen-bond donors (Lipinski definition) is 1. The van der Waals surface area contributed by atoms with Crippen molar-refractivity contribution in [1.82, 2.24) is 30.5 Å². The van der Waals surface area contributed by atoms with Gasteiger partial charge in [-0.2, -0.15) is 4.80 Å². The molecule has 1 unspecified atom stereocenters. The van der Waals surface area contributed by atoms with Crippen LogP contribution in [0.25, 0.3) is 11.6 Å². The van der Waals surface area contributed by atoms with Crippen molar-refractivity contribution in [1.29, 1.82) is 0 Å².